The number of amides is 2. The molecule has 5 heteroatoms. The first-order chi connectivity index (χ1) is 9.13. The van der Waals surface area contributed by atoms with Crippen LogP contribution in [0.2, 0.25) is 0 Å². The van der Waals surface area contributed by atoms with Gasteiger partial charge in [0.2, 0.25) is 11.8 Å². The van der Waals surface area contributed by atoms with Crippen LogP contribution >= 0.6 is 0 Å². The van der Waals surface area contributed by atoms with Crippen LogP contribution in [0.15, 0.2) is 24.3 Å². The number of carbonyl (C=O) groups excluding carboxylic acids is 2. The molecule has 102 valence electrons. The third-order valence-corrected chi connectivity index (χ3v) is 3.34. The molecule has 1 fully saturated rings. The van der Waals surface area contributed by atoms with E-state index in [4.69, 9.17) is 5.11 Å². The number of rotatable bonds is 4. The van der Waals surface area contributed by atoms with Gasteiger partial charge in [0, 0.05) is 25.2 Å². The van der Waals surface area contributed by atoms with Crippen LogP contribution in [0.5, 0.6) is 0 Å². The molecule has 0 aliphatic carbocycles. The number of hydrogen-bond donors (Lipinski definition) is 2. The highest BCUT2D eigenvalue weighted by Gasteiger charge is 2.33. The summed E-state index contributed by atoms with van der Waals surface area (Å²) in [5.74, 6) is -0.392. The number of likely N-dealkylation sites (tertiary alicyclic amines) is 1. The molecule has 0 radical (unpaired) electrons. The van der Waals surface area contributed by atoms with Crippen molar-refractivity contribution in [3.8, 4) is 0 Å². The van der Waals surface area contributed by atoms with Crippen molar-refractivity contribution in [1.29, 1.82) is 0 Å². The summed E-state index contributed by atoms with van der Waals surface area (Å²) in [4.78, 5) is 25.3. The van der Waals surface area contributed by atoms with Crippen molar-refractivity contribution >= 4 is 17.5 Å². The van der Waals surface area contributed by atoms with Gasteiger partial charge in [-0.25, -0.2) is 0 Å². The van der Waals surface area contributed by atoms with Gasteiger partial charge in [-0.1, -0.05) is 12.1 Å². The van der Waals surface area contributed by atoms with E-state index in [1.54, 1.807) is 29.2 Å². The molecule has 0 saturated carbocycles. The van der Waals surface area contributed by atoms with E-state index >= 15 is 0 Å². The molecule has 1 aliphatic rings. The van der Waals surface area contributed by atoms with Crippen molar-refractivity contribution in [1.82, 2.24) is 4.90 Å². The highest BCUT2D eigenvalue weighted by Crippen LogP contribution is 2.20. The lowest BCUT2D eigenvalue weighted by Gasteiger charge is -2.13. The summed E-state index contributed by atoms with van der Waals surface area (Å²) >= 11 is 0. The Labute approximate surface area is 112 Å². The Morgan fingerprint density at radius 3 is 2.95 bits per heavy atom. The molecular formula is C14H18N2O3. The fourth-order valence-electron chi connectivity index (χ4n) is 2.25. The topological polar surface area (TPSA) is 69.6 Å². The van der Waals surface area contributed by atoms with Crippen LogP contribution in [-0.2, 0) is 16.2 Å². The molecule has 1 unspecified atom stereocenters. The first-order valence-electron chi connectivity index (χ1n) is 6.42. The van der Waals surface area contributed by atoms with Crippen LogP contribution in [0.25, 0.3) is 0 Å². The van der Waals surface area contributed by atoms with Gasteiger partial charge in [-0.05, 0) is 24.6 Å². The lowest BCUT2D eigenvalue weighted by Crippen LogP contribution is -2.28. The standard InChI is InChI=1S/C14H18N2O3/c1-2-16-8-11(7-13(16)18)14(19)15-12-5-3-4-10(6-12)9-17/h3-6,11,17H,2,7-9H2,1H3,(H,15,19). The fraction of sp³-hybridized carbons (Fsp3) is 0.429. The molecule has 1 aromatic rings. The quantitative estimate of drug-likeness (QED) is 0.850. The van der Waals surface area contributed by atoms with Gasteiger partial charge in [-0.15, -0.1) is 0 Å². The Bertz CT molecular complexity index is 487. The summed E-state index contributed by atoms with van der Waals surface area (Å²) in [5.41, 5.74) is 1.40. The number of anilines is 1. The van der Waals surface area contributed by atoms with E-state index in [9.17, 15) is 9.59 Å². The molecule has 1 aromatic carbocycles. The number of aliphatic hydroxyl groups is 1. The largest absolute Gasteiger partial charge is 0.392 e. The predicted octanol–water partition coefficient (Wildman–Crippen LogP) is 0.986. The second-order valence-electron chi connectivity index (χ2n) is 4.68. The van der Waals surface area contributed by atoms with E-state index < -0.39 is 0 Å². The Hall–Kier alpha value is -1.88. The van der Waals surface area contributed by atoms with Gasteiger partial charge < -0.3 is 15.3 Å². The van der Waals surface area contributed by atoms with Crippen molar-refractivity contribution in [3.05, 3.63) is 29.8 Å². The number of nitrogens with zero attached hydrogens (tertiary/aromatic N) is 1. The summed E-state index contributed by atoms with van der Waals surface area (Å²) in [6.07, 6.45) is 0.277. The maximum absolute atomic E-state index is 12.1. The lowest BCUT2D eigenvalue weighted by atomic mass is 10.1. The number of benzene rings is 1. The van der Waals surface area contributed by atoms with E-state index in [1.807, 2.05) is 6.92 Å². The van der Waals surface area contributed by atoms with Gasteiger partial charge in [0.15, 0.2) is 0 Å². The molecule has 1 saturated heterocycles. The molecule has 0 aromatic heterocycles. The zero-order chi connectivity index (χ0) is 13.8. The summed E-state index contributed by atoms with van der Waals surface area (Å²) in [7, 11) is 0. The van der Waals surface area contributed by atoms with Gasteiger partial charge in [0.1, 0.15) is 0 Å². The second-order valence-corrected chi connectivity index (χ2v) is 4.68. The van der Waals surface area contributed by atoms with Gasteiger partial charge in [0.25, 0.3) is 0 Å². The maximum Gasteiger partial charge on any atom is 0.229 e. The van der Waals surface area contributed by atoms with Crippen LogP contribution in [0, 0.1) is 5.92 Å². The van der Waals surface area contributed by atoms with E-state index in [2.05, 4.69) is 5.32 Å². The number of nitrogens with one attached hydrogen (secondary N) is 1. The van der Waals surface area contributed by atoms with Gasteiger partial charge in [0.05, 0.1) is 12.5 Å². The monoisotopic (exact) mass is 262 g/mol. The highest BCUT2D eigenvalue weighted by molar-refractivity contribution is 5.97. The third kappa shape index (κ3) is 3.12. The SMILES string of the molecule is CCN1CC(C(=O)Nc2cccc(CO)c2)CC1=O. The Kier molecular flexibility index (Phi) is 4.16. The van der Waals surface area contributed by atoms with Crippen molar-refractivity contribution in [2.75, 3.05) is 18.4 Å². The normalized spacial score (nSPS) is 18.7. The van der Waals surface area contributed by atoms with Crippen LogP contribution in [-0.4, -0.2) is 34.9 Å². The van der Waals surface area contributed by atoms with Crippen LogP contribution < -0.4 is 5.32 Å². The summed E-state index contributed by atoms with van der Waals surface area (Å²) < 4.78 is 0. The zero-order valence-electron chi connectivity index (χ0n) is 10.9. The van der Waals surface area contributed by atoms with E-state index in [0.29, 0.717) is 18.8 Å². The van der Waals surface area contributed by atoms with Gasteiger partial charge >= 0.3 is 0 Å². The second kappa shape index (κ2) is 5.84. The van der Waals surface area contributed by atoms with Crippen LogP contribution in [0.4, 0.5) is 5.69 Å². The Morgan fingerprint density at radius 2 is 2.32 bits per heavy atom. The molecule has 5 nitrogen and oxygen atoms in total. The number of aliphatic hydroxyl groups excluding tert-OH is 1. The van der Waals surface area contributed by atoms with Crippen molar-refractivity contribution in [2.45, 2.75) is 20.0 Å². The Morgan fingerprint density at radius 1 is 1.53 bits per heavy atom. The third-order valence-electron chi connectivity index (χ3n) is 3.34. The highest BCUT2D eigenvalue weighted by atomic mass is 16.3. The fourth-order valence-corrected chi connectivity index (χ4v) is 2.25. The van der Waals surface area contributed by atoms with E-state index in [-0.39, 0.29) is 30.8 Å². The smallest absolute Gasteiger partial charge is 0.229 e. The average Bonchev–Trinajstić information content (AvgIpc) is 2.80. The first kappa shape index (κ1) is 13.5. The first-order valence-corrected chi connectivity index (χ1v) is 6.42. The predicted molar refractivity (Wildman–Crippen MR) is 71.4 cm³/mol. The molecule has 0 spiro atoms. The van der Waals surface area contributed by atoms with Gasteiger partial charge in [-0.3, -0.25) is 9.59 Å². The van der Waals surface area contributed by atoms with E-state index in [0.717, 1.165) is 5.56 Å². The van der Waals surface area contributed by atoms with E-state index in [1.165, 1.54) is 0 Å². The minimum absolute atomic E-state index is 0.0340. The summed E-state index contributed by atoms with van der Waals surface area (Å²) in [5, 5.41) is 11.8. The maximum atomic E-state index is 12.1. The molecule has 1 aliphatic heterocycles. The number of carbonyl (C=O) groups is 2. The molecule has 2 rings (SSSR count). The molecular weight excluding hydrogens is 244 g/mol. The van der Waals surface area contributed by atoms with Crippen molar-refractivity contribution < 1.29 is 14.7 Å². The zero-order valence-corrected chi connectivity index (χ0v) is 10.9. The Balaban J connectivity index is 1.99. The summed E-state index contributed by atoms with van der Waals surface area (Å²) in [6.45, 7) is 2.97. The summed E-state index contributed by atoms with van der Waals surface area (Å²) in [6, 6.07) is 7.06. The lowest BCUT2D eigenvalue weighted by molar-refractivity contribution is -0.128. The molecule has 0 bridgehead atoms. The van der Waals surface area contributed by atoms with Crippen LogP contribution in [0.1, 0.15) is 18.9 Å². The molecule has 1 atom stereocenters. The molecule has 2 amide bonds. The minimum atomic E-state index is -0.287. The number of hydrogen-bond acceptors (Lipinski definition) is 3. The molecule has 1 heterocycles. The van der Waals surface area contributed by atoms with Crippen LogP contribution in [0.3, 0.4) is 0 Å². The minimum Gasteiger partial charge on any atom is -0.392 e. The van der Waals surface area contributed by atoms with Crippen molar-refractivity contribution in [3.63, 3.8) is 0 Å². The van der Waals surface area contributed by atoms with Gasteiger partial charge in [-0.2, -0.15) is 0 Å². The molecule has 2 N–H and O–H groups in total. The average molecular weight is 262 g/mol. The molecule has 19 heavy (non-hydrogen) atoms. The van der Waals surface area contributed by atoms with Crippen molar-refractivity contribution in [2.24, 2.45) is 5.92 Å².